The van der Waals surface area contributed by atoms with Gasteiger partial charge in [-0.1, -0.05) is 53.8 Å². The first-order valence-electron chi connectivity index (χ1n) is 6.68. The summed E-state index contributed by atoms with van der Waals surface area (Å²) in [6.07, 6.45) is 0.511. The first-order chi connectivity index (χ1) is 10.2. The average molecular weight is 297 g/mol. The molecule has 0 aliphatic heterocycles. The third kappa shape index (κ3) is 3.26. The number of hydrogen-bond acceptors (Lipinski definition) is 4. The number of carbonyl (C=O) groups is 1. The summed E-state index contributed by atoms with van der Waals surface area (Å²) in [5.41, 5.74) is 7.89. The van der Waals surface area contributed by atoms with E-state index in [1.165, 1.54) is 11.3 Å². The maximum atomic E-state index is 12.1. The molecule has 0 aliphatic carbocycles. The van der Waals surface area contributed by atoms with Crippen LogP contribution in [0.5, 0.6) is 0 Å². The Balaban J connectivity index is 1.68. The van der Waals surface area contributed by atoms with Crippen LogP contribution in [0.1, 0.15) is 5.56 Å². The Kier molecular flexibility index (Phi) is 3.94. The molecule has 0 radical (unpaired) electrons. The molecule has 1 amide bonds. The minimum Gasteiger partial charge on any atom is -0.320 e. The fraction of sp³-hybridized carbons (Fsp3) is 0.125. The summed E-state index contributed by atoms with van der Waals surface area (Å²) < 4.78 is 1.05. The van der Waals surface area contributed by atoms with Gasteiger partial charge in [-0.2, -0.15) is 0 Å². The Labute approximate surface area is 126 Å². The summed E-state index contributed by atoms with van der Waals surface area (Å²) in [6.45, 7) is 0. The highest BCUT2D eigenvalue weighted by molar-refractivity contribution is 7.22. The molecule has 0 bridgehead atoms. The third-order valence-electron chi connectivity index (χ3n) is 3.16. The van der Waals surface area contributed by atoms with Crippen molar-refractivity contribution in [2.24, 2.45) is 5.73 Å². The summed E-state index contributed by atoms with van der Waals surface area (Å²) in [6, 6.07) is 16.9. The molecule has 1 atom stereocenters. The predicted octanol–water partition coefficient (Wildman–Crippen LogP) is 2.80. The van der Waals surface area contributed by atoms with Gasteiger partial charge in [0.05, 0.1) is 16.3 Å². The molecule has 3 aromatic rings. The number of nitrogens with one attached hydrogen (secondary N) is 1. The number of fused-ring (bicyclic) bond motifs is 1. The SMILES string of the molecule is N[C@@H](Cc1ccccc1)C(=O)Nc1nc2ccccc2s1. The van der Waals surface area contributed by atoms with Gasteiger partial charge in [0.1, 0.15) is 0 Å². The van der Waals surface area contributed by atoms with Crippen LogP contribution in [0.3, 0.4) is 0 Å². The first-order valence-corrected chi connectivity index (χ1v) is 7.50. The summed E-state index contributed by atoms with van der Waals surface area (Å²) in [4.78, 5) is 16.5. The molecule has 1 aromatic heterocycles. The molecule has 3 N–H and O–H groups in total. The van der Waals surface area contributed by atoms with Crippen LogP contribution in [-0.4, -0.2) is 16.9 Å². The number of rotatable bonds is 4. The standard InChI is InChI=1S/C16H15N3OS/c17-12(10-11-6-2-1-3-7-11)15(20)19-16-18-13-8-4-5-9-14(13)21-16/h1-9,12H,10,17H2,(H,18,19,20)/t12-/m0/s1. The van der Waals surface area contributed by atoms with Crippen LogP contribution in [0.15, 0.2) is 54.6 Å². The lowest BCUT2D eigenvalue weighted by Crippen LogP contribution is -2.37. The van der Waals surface area contributed by atoms with Crippen molar-refractivity contribution in [3.63, 3.8) is 0 Å². The molecule has 0 spiro atoms. The van der Waals surface area contributed by atoms with Gasteiger partial charge in [0.25, 0.3) is 0 Å². The van der Waals surface area contributed by atoms with Gasteiger partial charge in [0.15, 0.2) is 5.13 Å². The molecule has 21 heavy (non-hydrogen) atoms. The number of thiazole rings is 1. The van der Waals surface area contributed by atoms with Gasteiger partial charge in [-0.15, -0.1) is 0 Å². The monoisotopic (exact) mass is 297 g/mol. The van der Waals surface area contributed by atoms with E-state index < -0.39 is 6.04 Å². The molecule has 2 aromatic carbocycles. The zero-order chi connectivity index (χ0) is 14.7. The minimum absolute atomic E-state index is 0.210. The lowest BCUT2D eigenvalue weighted by molar-refractivity contribution is -0.117. The van der Waals surface area contributed by atoms with E-state index >= 15 is 0 Å². The van der Waals surface area contributed by atoms with Crippen molar-refractivity contribution in [2.45, 2.75) is 12.5 Å². The fourth-order valence-electron chi connectivity index (χ4n) is 2.08. The van der Waals surface area contributed by atoms with Gasteiger partial charge in [0.2, 0.25) is 5.91 Å². The summed E-state index contributed by atoms with van der Waals surface area (Å²) in [5.74, 6) is -0.210. The fourth-order valence-corrected chi connectivity index (χ4v) is 2.95. The highest BCUT2D eigenvalue weighted by Crippen LogP contribution is 2.25. The van der Waals surface area contributed by atoms with Crippen molar-refractivity contribution in [1.82, 2.24) is 4.98 Å². The van der Waals surface area contributed by atoms with Crippen LogP contribution in [-0.2, 0) is 11.2 Å². The molecule has 3 rings (SSSR count). The second-order valence-corrected chi connectivity index (χ2v) is 5.80. The van der Waals surface area contributed by atoms with Crippen molar-refractivity contribution >= 4 is 32.6 Å². The Morgan fingerprint density at radius 1 is 1.14 bits per heavy atom. The Morgan fingerprint density at radius 2 is 1.86 bits per heavy atom. The van der Waals surface area contributed by atoms with E-state index in [1.807, 2.05) is 54.6 Å². The first kappa shape index (κ1) is 13.7. The van der Waals surface area contributed by atoms with Crippen LogP contribution in [0.25, 0.3) is 10.2 Å². The Bertz CT molecular complexity index is 721. The molecule has 1 heterocycles. The molecule has 0 fully saturated rings. The highest BCUT2D eigenvalue weighted by Gasteiger charge is 2.15. The van der Waals surface area contributed by atoms with E-state index in [0.717, 1.165) is 15.8 Å². The molecule has 5 heteroatoms. The number of aromatic nitrogens is 1. The maximum absolute atomic E-state index is 12.1. The zero-order valence-electron chi connectivity index (χ0n) is 11.3. The number of amides is 1. The normalized spacial score (nSPS) is 12.2. The van der Waals surface area contributed by atoms with Crippen LogP contribution in [0, 0.1) is 0 Å². The van der Waals surface area contributed by atoms with Crippen molar-refractivity contribution in [1.29, 1.82) is 0 Å². The molecule has 0 saturated carbocycles. The average Bonchev–Trinajstić information content (AvgIpc) is 2.90. The van der Waals surface area contributed by atoms with Gasteiger partial charge < -0.3 is 11.1 Å². The molecule has 0 unspecified atom stereocenters. The van der Waals surface area contributed by atoms with E-state index in [1.54, 1.807) is 0 Å². The van der Waals surface area contributed by atoms with Crippen molar-refractivity contribution < 1.29 is 4.79 Å². The van der Waals surface area contributed by atoms with Gasteiger partial charge in [0, 0.05) is 0 Å². The van der Waals surface area contributed by atoms with E-state index in [9.17, 15) is 4.79 Å². The van der Waals surface area contributed by atoms with Gasteiger partial charge in [-0.25, -0.2) is 4.98 Å². The van der Waals surface area contributed by atoms with Crippen LogP contribution < -0.4 is 11.1 Å². The largest absolute Gasteiger partial charge is 0.320 e. The number of benzene rings is 2. The van der Waals surface area contributed by atoms with E-state index in [-0.39, 0.29) is 5.91 Å². The van der Waals surface area contributed by atoms with Gasteiger partial charge in [-0.3, -0.25) is 4.79 Å². The number of hydrogen-bond donors (Lipinski definition) is 2. The second kappa shape index (κ2) is 6.03. The molecule has 0 aliphatic rings. The van der Waals surface area contributed by atoms with E-state index in [2.05, 4.69) is 10.3 Å². The number of carbonyl (C=O) groups excluding carboxylic acids is 1. The minimum atomic E-state index is -0.584. The maximum Gasteiger partial charge on any atom is 0.243 e. The molecule has 4 nitrogen and oxygen atoms in total. The number of para-hydroxylation sites is 1. The van der Waals surface area contributed by atoms with Crippen LogP contribution in [0.2, 0.25) is 0 Å². The van der Waals surface area contributed by atoms with Crippen molar-refractivity contribution in [3.05, 3.63) is 60.2 Å². The van der Waals surface area contributed by atoms with Gasteiger partial charge in [-0.05, 0) is 24.1 Å². The summed E-state index contributed by atoms with van der Waals surface area (Å²) in [7, 11) is 0. The second-order valence-electron chi connectivity index (χ2n) is 4.77. The molecular formula is C16H15N3OS. The predicted molar refractivity (Wildman–Crippen MR) is 86.4 cm³/mol. The third-order valence-corrected chi connectivity index (χ3v) is 4.11. The Hall–Kier alpha value is -2.24. The summed E-state index contributed by atoms with van der Waals surface area (Å²) >= 11 is 1.45. The lowest BCUT2D eigenvalue weighted by Gasteiger charge is -2.10. The number of nitrogens with zero attached hydrogens (tertiary/aromatic N) is 1. The van der Waals surface area contributed by atoms with Crippen molar-refractivity contribution in [3.8, 4) is 0 Å². The topological polar surface area (TPSA) is 68.0 Å². The van der Waals surface area contributed by atoms with Crippen LogP contribution >= 0.6 is 11.3 Å². The van der Waals surface area contributed by atoms with Gasteiger partial charge >= 0.3 is 0 Å². The zero-order valence-corrected chi connectivity index (χ0v) is 12.1. The molecular weight excluding hydrogens is 282 g/mol. The highest BCUT2D eigenvalue weighted by atomic mass is 32.1. The molecule has 0 saturated heterocycles. The van der Waals surface area contributed by atoms with Crippen molar-refractivity contribution in [2.75, 3.05) is 5.32 Å². The summed E-state index contributed by atoms with van der Waals surface area (Å²) in [5, 5.41) is 3.38. The van der Waals surface area contributed by atoms with E-state index in [4.69, 9.17) is 5.73 Å². The van der Waals surface area contributed by atoms with Crippen LogP contribution in [0.4, 0.5) is 5.13 Å². The Morgan fingerprint density at radius 3 is 2.62 bits per heavy atom. The quantitative estimate of drug-likeness (QED) is 0.778. The van der Waals surface area contributed by atoms with E-state index in [0.29, 0.717) is 11.6 Å². The number of anilines is 1. The molecule has 106 valence electrons. The smallest absolute Gasteiger partial charge is 0.243 e. The number of nitrogens with two attached hydrogens (primary N) is 1. The lowest BCUT2D eigenvalue weighted by atomic mass is 10.1.